The van der Waals surface area contributed by atoms with Crippen molar-refractivity contribution < 1.29 is 28.7 Å². The van der Waals surface area contributed by atoms with Crippen molar-refractivity contribution in [3.8, 4) is 11.5 Å². The maximum Gasteiger partial charge on any atom is 0.246 e. The van der Waals surface area contributed by atoms with E-state index in [1.807, 2.05) is 124 Å². The molecule has 3 amide bonds. The number of Topliss-reactive ketones (excluding diaryl/α,β-unsaturated/α-hetero) is 2. The van der Waals surface area contributed by atoms with Crippen molar-refractivity contribution in [1.82, 2.24) is 15.1 Å². The zero-order valence-electron chi connectivity index (χ0n) is 35.2. The van der Waals surface area contributed by atoms with Gasteiger partial charge in [0, 0.05) is 13.1 Å². The number of para-hydroxylation sites is 1. The van der Waals surface area contributed by atoms with E-state index < -0.39 is 30.2 Å². The molecule has 0 aliphatic carbocycles. The third-order valence-corrected chi connectivity index (χ3v) is 8.96. The summed E-state index contributed by atoms with van der Waals surface area (Å²) in [5, 5.41) is 2.87. The lowest BCUT2D eigenvalue weighted by atomic mass is 10.0. The Balaban J connectivity index is 0.000000969. The SMILES string of the molecule is CC.CC.CC.CC(=O)C(N)Cc1ccc(Oc2ccccc2)cc1.CC(=O)C1CCCN1C(=O)C(NC(=O)C1CCCN1C(=O)C(N)C(C)C)C(C)C. The van der Waals surface area contributed by atoms with Crippen LogP contribution in [0, 0.1) is 11.8 Å². The van der Waals surface area contributed by atoms with Gasteiger partial charge in [-0.1, -0.05) is 99.6 Å². The first-order valence-electron chi connectivity index (χ1n) is 20.0. The summed E-state index contributed by atoms with van der Waals surface area (Å²) in [6.07, 6.45) is 3.29. The number of carbonyl (C=O) groups is 5. The van der Waals surface area contributed by atoms with E-state index in [0.29, 0.717) is 32.4 Å². The molecule has 0 bridgehead atoms. The van der Waals surface area contributed by atoms with E-state index in [2.05, 4.69) is 5.32 Å². The standard InChI is InChI=1S/C21H36N4O4.C16H17NO2.3C2H6/c1-12(2)17(22)20(28)25-11-7-9-16(25)19(27)23-18(13(3)4)21(29)24-10-6-8-15(24)14(5)26;1-12(18)16(17)11-13-7-9-15(10-8-13)19-14-5-3-2-4-6-14;3*1-2/h12-13,15-18H,6-11,22H2,1-5H3,(H,23,27);2-10,16H,11,17H2,1H3;3*1-2H3. The van der Waals surface area contributed by atoms with Crippen LogP contribution in [-0.4, -0.2) is 82.4 Å². The lowest BCUT2D eigenvalue weighted by molar-refractivity contribution is -0.144. The van der Waals surface area contributed by atoms with E-state index in [9.17, 15) is 24.0 Å². The van der Waals surface area contributed by atoms with Crippen molar-refractivity contribution in [3.05, 3.63) is 60.2 Å². The fraction of sp³-hybridized carbons (Fsp3) is 0.605. The summed E-state index contributed by atoms with van der Waals surface area (Å²) in [7, 11) is 0. The Morgan fingerprint density at radius 3 is 1.65 bits per heavy atom. The second-order valence-corrected chi connectivity index (χ2v) is 13.5. The fourth-order valence-corrected chi connectivity index (χ4v) is 5.89. The summed E-state index contributed by atoms with van der Waals surface area (Å²) in [5.74, 6) is 0.629. The Morgan fingerprint density at radius 2 is 1.19 bits per heavy atom. The summed E-state index contributed by atoms with van der Waals surface area (Å²) in [5.41, 5.74) is 12.8. The summed E-state index contributed by atoms with van der Waals surface area (Å²) < 4.78 is 5.69. The van der Waals surface area contributed by atoms with Gasteiger partial charge in [0.2, 0.25) is 17.7 Å². The zero-order chi connectivity index (χ0) is 41.5. The third-order valence-electron chi connectivity index (χ3n) is 8.96. The number of likely N-dealkylation sites (tertiary alicyclic amines) is 2. The third kappa shape index (κ3) is 15.7. The molecule has 0 saturated carbocycles. The second kappa shape index (κ2) is 26.6. The van der Waals surface area contributed by atoms with Gasteiger partial charge in [-0.15, -0.1) is 0 Å². The molecule has 2 aromatic rings. The maximum absolute atomic E-state index is 13.1. The Labute approximate surface area is 325 Å². The van der Waals surface area contributed by atoms with Crippen LogP contribution in [0.3, 0.4) is 0 Å². The normalized spacial score (nSPS) is 17.5. The molecule has 2 aromatic carbocycles. The van der Waals surface area contributed by atoms with Gasteiger partial charge in [-0.05, 0) is 87.6 Å². The summed E-state index contributed by atoms with van der Waals surface area (Å²) in [4.78, 5) is 65.0. The molecular weight excluding hydrogens is 683 g/mol. The van der Waals surface area contributed by atoms with E-state index in [0.717, 1.165) is 29.9 Å². The van der Waals surface area contributed by atoms with E-state index in [4.69, 9.17) is 16.2 Å². The molecule has 11 heteroatoms. The largest absolute Gasteiger partial charge is 0.457 e. The van der Waals surface area contributed by atoms with Crippen LogP contribution in [0.25, 0.3) is 0 Å². The van der Waals surface area contributed by atoms with Crippen molar-refractivity contribution in [3.63, 3.8) is 0 Å². The molecule has 2 saturated heterocycles. The first kappa shape index (κ1) is 49.9. The molecule has 4 rings (SSSR count). The molecule has 0 aromatic heterocycles. The highest BCUT2D eigenvalue weighted by molar-refractivity contribution is 5.95. The van der Waals surface area contributed by atoms with Crippen LogP contribution < -0.4 is 21.5 Å². The topological polar surface area (TPSA) is 165 Å². The number of benzene rings is 2. The van der Waals surface area contributed by atoms with Gasteiger partial charge in [-0.3, -0.25) is 24.0 Å². The van der Waals surface area contributed by atoms with E-state index in [-0.39, 0.29) is 41.1 Å². The molecule has 304 valence electrons. The highest BCUT2D eigenvalue weighted by Gasteiger charge is 2.41. The summed E-state index contributed by atoms with van der Waals surface area (Å²) in [6, 6.07) is 14.4. The van der Waals surface area contributed by atoms with Crippen LogP contribution in [0.1, 0.15) is 114 Å². The molecule has 11 nitrogen and oxygen atoms in total. The summed E-state index contributed by atoms with van der Waals surface area (Å²) >= 11 is 0. The van der Waals surface area contributed by atoms with Gasteiger partial charge in [0.05, 0.1) is 18.1 Å². The Bertz CT molecular complexity index is 1400. The average Bonchev–Trinajstić information content (AvgIpc) is 3.88. The van der Waals surface area contributed by atoms with Crippen LogP contribution in [0.5, 0.6) is 11.5 Å². The Hall–Kier alpha value is -4.09. The molecule has 2 heterocycles. The predicted octanol–water partition coefficient (Wildman–Crippen LogP) is 6.70. The molecule has 0 radical (unpaired) electrons. The molecule has 2 aliphatic heterocycles. The van der Waals surface area contributed by atoms with Crippen LogP contribution >= 0.6 is 0 Å². The van der Waals surface area contributed by atoms with Crippen LogP contribution in [0.4, 0.5) is 0 Å². The van der Waals surface area contributed by atoms with Crippen molar-refractivity contribution in [2.75, 3.05) is 13.1 Å². The number of rotatable bonds is 12. The quantitative estimate of drug-likeness (QED) is 0.216. The van der Waals surface area contributed by atoms with Crippen molar-refractivity contribution in [2.45, 2.75) is 145 Å². The fourth-order valence-electron chi connectivity index (χ4n) is 5.89. The number of ether oxygens (including phenoxy) is 1. The number of nitrogens with two attached hydrogens (primary N) is 2. The molecule has 0 spiro atoms. The van der Waals surface area contributed by atoms with Gasteiger partial charge in [-0.25, -0.2) is 0 Å². The van der Waals surface area contributed by atoms with Crippen LogP contribution in [-0.2, 0) is 30.4 Å². The van der Waals surface area contributed by atoms with E-state index >= 15 is 0 Å². The number of hydrogen-bond acceptors (Lipinski definition) is 8. The van der Waals surface area contributed by atoms with Crippen molar-refractivity contribution in [1.29, 1.82) is 0 Å². The lowest BCUT2D eigenvalue weighted by Crippen LogP contribution is -2.58. The number of nitrogens with zero attached hydrogens (tertiary/aromatic N) is 2. The first-order valence-corrected chi connectivity index (χ1v) is 20.0. The first-order chi connectivity index (χ1) is 25.7. The minimum atomic E-state index is -0.723. The number of amides is 3. The van der Waals surface area contributed by atoms with Crippen LogP contribution in [0.15, 0.2) is 54.6 Å². The number of hydrogen-bond donors (Lipinski definition) is 3. The lowest BCUT2D eigenvalue weighted by Gasteiger charge is -2.32. The zero-order valence-corrected chi connectivity index (χ0v) is 35.2. The summed E-state index contributed by atoms with van der Waals surface area (Å²) in [6.45, 7) is 23.5. The molecule has 2 aliphatic rings. The van der Waals surface area contributed by atoms with Crippen molar-refractivity contribution in [2.24, 2.45) is 23.3 Å². The Morgan fingerprint density at radius 1 is 0.704 bits per heavy atom. The molecule has 54 heavy (non-hydrogen) atoms. The smallest absolute Gasteiger partial charge is 0.246 e. The van der Waals surface area contributed by atoms with Gasteiger partial charge in [0.1, 0.15) is 29.4 Å². The van der Waals surface area contributed by atoms with Gasteiger partial charge < -0.3 is 31.3 Å². The molecule has 5 unspecified atom stereocenters. The molecule has 2 fully saturated rings. The average molecular weight is 754 g/mol. The van der Waals surface area contributed by atoms with Gasteiger partial charge >= 0.3 is 0 Å². The Kier molecular flexibility index (Phi) is 24.6. The predicted molar refractivity (Wildman–Crippen MR) is 219 cm³/mol. The minimum Gasteiger partial charge on any atom is -0.457 e. The van der Waals surface area contributed by atoms with Gasteiger partial charge in [-0.2, -0.15) is 0 Å². The monoisotopic (exact) mass is 754 g/mol. The van der Waals surface area contributed by atoms with Gasteiger partial charge in [0.15, 0.2) is 5.78 Å². The van der Waals surface area contributed by atoms with Gasteiger partial charge in [0.25, 0.3) is 0 Å². The number of nitrogens with one attached hydrogen (secondary N) is 1. The van der Waals surface area contributed by atoms with Crippen molar-refractivity contribution >= 4 is 29.3 Å². The molecule has 5 N–H and O–H groups in total. The van der Waals surface area contributed by atoms with E-state index in [1.165, 1.54) is 13.8 Å². The van der Waals surface area contributed by atoms with E-state index in [1.54, 1.807) is 9.80 Å². The molecule has 5 atom stereocenters. The minimum absolute atomic E-state index is 0.00427. The number of ketones is 2. The highest BCUT2D eigenvalue weighted by Crippen LogP contribution is 2.24. The highest BCUT2D eigenvalue weighted by atomic mass is 16.5. The van der Waals surface area contributed by atoms with Crippen LogP contribution in [0.2, 0.25) is 0 Å². The maximum atomic E-state index is 13.1. The number of carbonyl (C=O) groups excluding carboxylic acids is 5. The second-order valence-electron chi connectivity index (χ2n) is 13.5. The molecular formula is C43H71N5O6.